The molecule has 2 rings (SSSR count). The highest BCUT2D eigenvalue weighted by Crippen LogP contribution is 2.13. The Bertz CT molecular complexity index is 467. The van der Waals surface area contributed by atoms with Gasteiger partial charge in [-0.2, -0.15) is 0 Å². The zero-order chi connectivity index (χ0) is 15.2. The Hall–Kier alpha value is -1.93. The van der Waals surface area contributed by atoms with Gasteiger partial charge in [0, 0.05) is 25.6 Å². The molecule has 1 aromatic heterocycles. The maximum atomic E-state index is 12.3. The van der Waals surface area contributed by atoms with Crippen molar-refractivity contribution in [3.05, 3.63) is 11.9 Å². The van der Waals surface area contributed by atoms with Crippen molar-refractivity contribution in [3.63, 3.8) is 0 Å². The molecule has 0 spiro atoms. The largest absolute Gasteiger partial charge is 0.378 e. The summed E-state index contributed by atoms with van der Waals surface area (Å²) >= 11 is 0. The number of nitrogens with two attached hydrogens (primary N) is 1. The third kappa shape index (κ3) is 4.02. The summed E-state index contributed by atoms with van der Waals surface area (Å²) in [5.41, 5.74) is 2.50. The zero-order valence-corrected chi connectivity index (χ0v) is 12.4. The number of morpholine rings is 1. The third-order valence-electron chi connectivity index (χ3n) is 3.29. The molecule has 1 fully saturated rings. The lowest BCUT2D eigenvalue weighted by atomic mass is 10.2. The van der Waals surface area contributed by atoms with Gasteiger partial charge < -0.3 is 20.4 Å². The molecule has 1 atom stereocenters. The Morgan fingerprint density at radius 1 is 1.43 bits per heavy atom. The number of aromatic nitrogens is 2. The molecule has 0 aliphatic carbocycles. The number of ether oxygens (including phenoxy) is 1. The number of nitrogen functional groups attached to an aromatic ring is 1. The Morgan fingerprint density at radius 2 is 2.10 bits per heavy atom. The number of carbonyl (C=O) groups is 1. The normalized spacial score (nSPS) is 16.4. The van der Waals surface area contributed by atoms with Crippen molar-refractivity contribution in [1.29, 1.82) is 0 Å². The molecule has 116 valence electrons. The van der Waals surface area contributed by atoms with Crippen molar-refractivity contribution in [3.8, 4) is 0 Å². The van der Waals surface area contributed by atoms with Gasteiger partial charge in [0.15, 0.2) is 0 Å². The molecule has 1 amide bonds. The summed E-state index contributed by atoms with van der Waals surface area (Å²) in [6, 6.07) is 1.32. The van der Waals surface area contributed by atoms with Crippen molar-refractivity contribution < 1.29 is 9.53 Å². The molecule has 1 saturated heterocycles. The first-order valence-corrected chi connectivity index (χ1v) is 7.11. The second-order valence-electron chi connectivity index (χ2n) is 4.86. The second-order valence-corrected chi connectivity index (χ2v) is 4.86. The number of hydrazine groups is 1. The molecule has 1 aliphatic rings. The molecular weight excluding hydrogens is 272 g/mol. The van der Waals surface area contributed by atoms with Crippen LogP contribution in [0.1, 0.15) is 19.7 Å². The first-order valence-electron chi connectivity index (χ1n) is 7.11. The van der Waals surface area contributed by atoms with E-state index in [1.54, 1.807) is 11.0 Å². The summed E-state index contributed by atoms with van der Waals surface area (Å²) in [5.74, 6) is 7.21. The first-order chi connectivity index (χ1) is 10.1. The minimum Gasteiger partial charge on any atom is -0.378 e. The van der Waals surface area contributed by atoms with Gasteiger partial charge in [-0.3, -0.25) is 4.79 Å². The number of carbonyl (C=O) groups excluding carboxylic acids is 1. The fraction of sp³-hybridized carbons (Fsp3) is 0.615. The van der Waals surface area contributed by atoms with Gasteiger partial charge in [0.05, 0.1) is 13.2 Å². The molecular formula is C13H22N6O2. The summed E-state index contributed by atoms with van der Waals surface area (Å²) in [7, 11) is 0. The molecule has 21 heavy (non-hydrogen) atoms. The van der Waals surface area contributed by atoms with Crippen LogP contribution in [-0.2, 0) is 16.0 Å². The monoisotopic (exact) mass is 294 g/mol. The number of rotatable bonds is 5. The van der Waals surface area contributed by atoms with Gasteiger partial charge in [-0.15, -0.1) is 0 Å². The van der Waals surface area contributed by atoms with Crippen molar-refractivity contribution in [2.75, 3.05) is 37.0 Å². The van der Waals surface area contributed by atoms with E-state index in [1.165, 1.54) is 0 Å². The van der Waals surface area contributed by atoms with E-state index in [1.807, 2.05) is 13.8 Å². The predicted octanol–water partition coefficient (Wildman–Crippen LogP) is -0.0162. The standard InChI is InChI=1S/C13H22N6O2/c1-3-10-16-11(8-12(17-10)18-14)15-9(2)13(20)19-4-6-21-7-5-19/h8-9H,3-7,14H2,1-2H3,(H2,15,16,17,18). The number of nitrogens with zero attached hydrogens (tertiary/aromatic N) is 3. The number of hydrogen-bond donors (Lipinski definition) is 3. The minimum atomic E-state index is -0.367. The van der Waals surface area contributed by atoms with Crippen molar-refractivity contribution in [1.82, 2.24) is 14.9 Å². The lowest BCUT2D eigenvalue weighted by Crippen LogP contribution is -2.47. The van der Waals surface area contributed by atoms with Crippen LogP contribution in [0.2, 0.25) is 0 Å². The van der Waals surface area contributed by atoms with E-state index >= 15 is 0 Å². The van der Waals surface area contributed by atoms with Gasteiger partial charge >= 0.3 is 0 Å². The van der Waals surface area contributed by atoms with Crippen molar-refractivity contribution in [2.24, 2.45) is 5.84 Å². The highest BCUT2D eigenvalue weighted by Gasteiger charge is 2.22. The van der Waals surface area contributed by atoms with Gasteiger partial charge in [-0.25, -0.2) is 15.8 Å². The van der Waals surface area contributed by atoms with Crippen LogP contribution in [0.15, 0.2) is 6.07 Å². The average molecular weight is 294 g/mol. The molecule has 0 aromatic carbocycles. The fourth-order valence-corrected chi connectivity index (χ4v) is 2.14. The number of aryl methyl sites for hydroxylation is 1. The zero-order valence-electron chi connectivity index (χ0n) is 12.4. The van der Waals surface area contributed by atoms with Crippen LogP contribution < -0.4 is 16.6 Å². The third-order valence-corrected chi connectivity index (χ3v) is 3.29. The van der Waals surface area contributed by atoms with Crippen molar-refractivity contribution in [2.45, 2.75) is 26.3 Å². The van der Waals surface area contributed by atoms with Crippen LogP contribution in [0.4, 0.5) is 11.6 Å². The number of hydrogen-bond acceptors (Lipinski definition) is 7. The first kappa shape index (κ1) is 15.5. The molecule has 0 radical (unpaired) electrons. The van der Waals surface area contributed by atoms with E-state index in [-0.39, 0.29) is 11.9 Å². The molecule has 1 aliphatic heterocycles. The van der Waals surface area contributed by atoms with Crippen LogP contribution in [0.5, 0.6) is 0 Å². The average Bonchev–Trinajstić information content (AvgIpc) is 2.54. The lowest BCUT2D eigenvalue weighted by Gasteiger charge is -2.29. The second kappa shape index (κ2) is 7.19. The summed E-state index contributed by atoms with van der Waals surface area (Å²) in [4.78, 5) is 22.7. The highest BCUT2D eigenvalue weighted by molar-refractivity contribution is 5.84. The Morgan fingerprint density at radius 3 is 2.71 bits per heavy atom. The molecule has 8 nitrogen and oxygen atoms in total. The minimum absolute atomic E-state index is 0.0391. The van der Waals surface area contributed by atoms with E-state index < -0.39 is 0 Å². The van der Waals surface area contributed by atoms with Crippen LogP contribution in [0.25, 0.3) is 0 Å². The Kier molecular flexibility index (Phi) is 5.29. The van der Waals surface area contributed by atoms with Crippen LogP contribution >= 0.6 is 0 Å². The molecule has 0 bridgehead atoms. The summed E-state index contributed by atoms with van der Waals surface area (Å²) < 4.78 is 5.25. The van der Waals surface area contributed by atoms with E-state index in [9.17, 15) is 4.79 Å². The summed E-state index contributed by atoms with van der Waals surface area (Å²) in [6.45, 7) is 6.22. The molecule has 2 heterocycles. The van der Waals surface area contributed by atoms with Crippen LogP contribution in [-0.4, -0.2) is 53.1 Å². The summed E-state index contributed by atoms with van der Waals surface area (Å²) in [6.07, 6.45) is 0.690. The van der Waals surface area contributed by atoms with E-state index in [4.69, 9.17) is 10.6 Å². The van der Waals surface area contributed by atoms with Gasteiger partial charge in [0.1, 0.15) is 23.5 Å². The van der Waals surface area contributed by atoms with E-state index in [0.29, 0.717) is 50.2 Å². The smallest absolute Gasteiger partial charge is 0.244 e. The molecule has 4 N–H and O–H groups in total. The number of nitrogens with one attached hydrogen (secondary N) is 2. The molecule has 8 heteroatoms. The van der Waals surface area contributed by atoms with Gasteiger partial charge in [0.2, 0.25) is 5.91 Å². The maximum absolute atomic E-state index is 12.3. The fourth-order valence-electron chi connectivity index (χ4n) is 2.14. The molecule has 1 aromatic rings. The molecule has 0 saturated carbocycles. The van der Waals surface area contributed by atoms with Crippen LogP contribution in [0.3, 0.4) is 0 Å². The quantitative estimate of drug-likeness (QED) is 0.518. The molecule has 1 unspecified atom stereocenters. The summed E-state index contributed by atoms with van der Waals surface area (Å²) in [5, 5.41) is 3.11. The SMILES string of the molecule is CCc1nc(NN)cc(NC(C)C(=O)N2CCOCC2)n1. The lowest BCUT2D eigenvalue weighted by molar-refractivity contribution is -0.135. The Labute approximate surface area is 124 Å². The van der Waals surface area contributed by atoms with Crippen molar-refractivity contribution >= 4 is 17.5 Å². The van der Waals surface area contributed by atoms with Gasteiger partial charge in [-0.1, -0.05) is 6.92 Å². The van der Waals surface area contributed by atoms with E-state index in [0.717, 1.165) is 0 Å². The van der Waals surface area contributed by atoms with Gasteiger partial charge in [0.25, 0.3) is 0 Å². The number of amides is 1. The highest BCUT2D eigenvalue weighted by atomic mass is 16.5. The predicted molar refractivity (Wildman–Crippen MR) is 79.7 cm³/mol. The van der Waals surface area contributed by atoms with Crippen LogP contribution in [0, 0.1) is 0 Å². The van der Waals surface area contributed by atoms with E-state index in [2.05, 4.69) is 20.7 Å². The maximum Gasteiger partial charge on any atom is 0.244 e. The Balaban J connectivity index is 2.04. The topological polar surface area (TPSA) is 105 Å². The number of anilines is 2. The van der Waals surface area contributed by atoms with Gasteiger partial charge in [-0.05, 0) is 6.92 Å².